The molecule has 0 amide bonds. The van der Waals surface area contributed by atoms with Gasteiger partial charge in [0.05, 0.1) is 6.54 Å². The van der Waals surface area contributed by atoms with Gasteiger partial charge in [-0.15, -0.1) is 0 Å². The summed E-state index contributed by atoms with van der Waals surface area (Å²) in [5.41, 5.74) is 1.23. The first-order valence-corrected chi connectivity index (χ1v) is 7.50. The number of nitrogens with zero attached hydrogens (tertiary/aromatic N) is 4. The molecular weight excluding hydrogens is 309 g/mol. The molecule has 2 aromatic heterocycles. The monoisotopic (exact) mass is 326 g/mol. The van der Waals surface area contributed by atoms with Gasteiger partial charge in [-0.05, 0) is 43.0 Å². The van der Waals surface area contributed by atoms with Crippen LogP contribution in [-0.4, -0.2) is 39.3 Å². The lowest BCUT2D eigenvalue weighted by molar-refractivity contribution is -0.128. The molecule has 1 unspecified atom stereocenters. The van der Waals surface area contributed by atoms with Crippen LogP contribution >= 0.6 is 0 Å². The van der Waals surface area contributed by atoms with Crippen molar-refractivity contribution in [2.24, 2.45) is 0 Å². The van der Waals surface area contributed by atoms with Gasteiger partial charge < -0.3 is 4.52 Å². The summed E-state index contributed by atoms with van der Waals surface area (Å²) < 4.78 is 41.9. The number of likely N-dealkylation sites (tertiary alicyclic amines) is 1. The fourth-order valence-corrected chi connectivity index (χ4v) is 2.90. The number of alkyl halides is 3. The number of pyridine rings is 1. The molecular formula is C15H17F3N4O. The van der Waals surface area contributed by atoms with Crippen LogP contribution in [0.15, 0.2) is 29.0 Å². The Hall–Kier alpha value is -1.96. The number of piperidine rings is 1. The summed E-state index contributed by atoms with van der Waals surface area (Å²) in [5, 5.41) is 3.40. The molecule has 23 heavy (non-hydrogen) atoms. The standard InChI is InChI=1S/C15H17F3N4O/c16-15(17,18)8-13-20-14(23-21-13)10-22-7-1-2-12(9-22)11-3-5-19-6-4-11/h3-6,12H,1-2,7-10H2. The number of hydrogen-bond acceptors (Lipinski definition) is 5. The summed E-state index contributed by atoms with van der Waals surface area (Å²) in [6, 6.07) is 4.00. The number of halogens is 3. The second-order valence-corrected chi connectivity index (χ2v) is 5.75. The third kappa shape index (κ3) is 4.51. The van der Waals surface area contributed by atoms with Crippen molar-refractivity contribution in [1.82, 2.24) is 20.0 Å². The molecule has 0 aromatic carbocycles. The van der Waals surface area contributed by atoms with Gasteiger partial charge in [-0.1, -0.05) is 5.16 Å². The quantitative estimate of drug-likeness (QED) is 0.865. The number of rotatable bonds is 4. The van der Waals surface area contributed by atoms with Crippen molar-refractivity contribution >= 4 is 0 Å². The zero-order valence-electron chi connectivity index (χ0n) is 12.5. The van der Waals surface area contributed by atoms with E-state index in [0.29, 0.717) is 12.5 Å². The highest BCUT2D eigenvalue weighted by atomic mass is 19.4. The molecule has 124 valence electrons. The normalized spacial score (nSPS) is 19.9. The summed E-state index contributed by atoms with van der Waals surface area (Å²) in [6.07, 6.45) is 0.181. The van der Waals surface area contributed by atoms with E-state index in [0.717, 1.165) is 25.9 Å². The summed E-state index contributed by atoms with van der Waals surface area (Å²) in [4.78, 5) is 10.00. The van der Waals surface area contributed by atoms with Gasteiger partial charge in [0.15, 0.2) is 5.82 Å². The predicted octanol–water partition coefficient (Wildman–Crippen LogP) is 2.95. The molecule has 0 radical (unpaired) electrons. The van der Waals surface area contributed by atoms with E-state index >= 15 is 0 Å². The molecule has 1 saturated heterocycles. The van der Waals surface area contributed by atoms with E-state index in [4.69, 9.17) is 4.52 Å². The molecule has 1 aliphatic rings. The molecule has 8 heteroatoms. The van der Waals surface area contributed by atoms with Crippen LogP contribution < -0.4 is 0 Å². The highest BCUT2D eigenvalue weighted by molar-refractivity contribution is 5.16. The molecule has 1 fully saturated rings. The van der Waals surface area contributed by atoms with E-state index in [2.05, 4.69) is 20.0 Å². The van der Waals surface area contributed by atoms with Crippen LogP contribution in [0.5, 0.6) is 0 Å². The van der Waals surface area contributed by atoms with Crippen LogP contribution in [0, 0.1) is 0 Å². The molecule has 0 spiro atoms. The molecule has 0 saturated carbocycles. The molecule has 3 rings (SSSR count). The maximum absolute atomic E-state index is 12.3. The average molecular weight is 326 g/mol. The Morgan fingerprint density at radius 3 is 2.78 bits per heavy atom. The fraction of sp³-hybridized carbons (Fsp3) is 0.533. The minimum Gasteiger partial charge on any atom is -0.338 e. The van der Waals surface area contributed by atoms with E-state index in [1.165, 1.54) is 5.56 Å². The number of hydrogen-bond donors (Lipinski definition) is 0. The van der Waals surface area contributed by atoms with Gasteiger partial charge in [0.2, 0.25) is 5.89 Å². The highest BCUT2D eigenvalue weighted by Crippen LogP contribution is 2.27. The van der Waals surface area contributed by atoms with Crippen LogP contribution in [0.3, 0.4) is 0 Å². The highest BCUT2D eigenvalue weighted by Gasteiger charge is 2.31. The van der Waals surface area contributed by atoms with Crippen molar-refractivity contribution in [2.45, 2.75) is 37.9 Å². The van der Waals surface area contributed by atoms with Crippen molar-refractivity contribution in [3.8, 4) is 0 Å². The Balaban J connectivity index is 1.60. The Labute approximate surface area is 131 Å². The van der Waals surface area contributed by atoms with Crippen molar-refractivity contribution < 1.29 is 17.7 Å². The van der Waals surface area contributed by atoms with Gasteiger partial charge in [-0.25, -0.2) is 0 Å². The summed E-state index contributed by atoms with van der Waals surface area (Å²) in [6.45, 7) is 2.08. The lowest BCUT2D eigenvalue weighted by Crippen LogP contribution is -2.34. The first-order chi connectivity index (χ1) is 11.0. The summed E-state index contributed by atoms with van der Waals surface area (Å²) in [5.74, 6) is 0.319. The maximum atomic E-state index is 12.3. The third-order valence-corrected chi connectivity index (χ3v) is 3.91. The Kier molecular flexibility index (Phi) is 4.61. The van der Waals surface area contributed by atoms with Crippen LogP contribution in [0.1, 0.15) is 36.0 Å². The topological polar surface area (TPSA) is 55.1 Å². The summed E-state index contributed by atoms with van der Waals surface area (Å²) in [7, 11) is 0. The van der Waals surface area contributed by atoms with Crippen molar-refractivity contribution in [1.29, 1.82) is 0 Å². The first-order valence-electron chi connectivity index (χ1n) is 7.50. The molecule has 1 atom stereocenters. The van der Waals surface area contributed by atoms with Crippen LogP contribution in [0.25, 0.3) is 0 Å². The zero-order chi connectivity index (χ0) is 16.3. The zero-order valence-corrected chi connectivity index (χ0v) is 12.5. The SMILES string of the molecule is FC(F)(F)Cc1noc(CN2CCCC(c3ccncc3)C2)n1. The lowest BCUT2D eigenvalue weighted by Gasteiger charge is -2.31. The predicted molar refractivity (Wildman–Crippen MR) is 75.5 cm³/mol. The number of aromatic nitrogens is 3. The van der Waals surface area contributed by atoms with E-state index in [-0.39, 0.29) is 11.7 Å². The van der Waals surface area contributed by atoms with Gasteiger partial charge >= 0.3 is 6.18 Å². The van der Waals surface area contributed by atoms with E-state index in [1.54, 1.807) is 12.4 Å². The van der Waals surface area contributed by atoms with E-state index in [9.17, 15) is 13.2 Å². The third-order valence-electron chi connectivity index (χ3n) is 3.91. The van der Waals surface area contributed by atoms with Gasteiger partial charge in [0.25, 0.3) is 0 Å². The van der Waals surface area contributed by atoms with Gasteiger partial charge in [-0.3, -0.25) is 9.88 Å². The minimum atomic E-state index is -4.32. The van der Waals surface area contributed by atoms with Crippen molar-refractivity contribution in [3.05, 3.63) is 41.8 Å². The van der Waals surface area contributed by atoms with E-state index < -0.39 is 12.6 Å². The van der Waals surface area contributed by atoms with Crippen LogP contribution in [0.2, 0.25) is 0 Å². The first kappa shape index (κ1) is 15.9. The Morgan fingerprint density at radius 2 is 2.04 bits per heavy atom. The average Bonchev–Trinajstić information content (AvgIpc) is 2.93. The lowest BCUT2D eigenvalue weighted by atomic mass is 9.91. The molecule has 0 N–H and O–H groups in total. The summed E-state index contributed by atoms with van der Waals surface area (Å²) >= 11 is 0. The maximum Gasteiger partial charge on any atom is 0.396 e. The van der Waals surface area contributed by atoms with Gasteiger partial charge in [0.1, 0.15) is 6.42 Å². The minimum absolute atomic E-state index is 0.236. The van der Waals surface area contributed by atoms with Crippen LogP contribution in [-0.2, 0) is 13.0 Å². The second kappa shape index (κ2) is 6.66. The molecule has 3 heterocycles. The molecule has 5 nitrogen and oxygen atoms in total. The van der Waals surface area contributed by atoms with Crippen molar-refractivity contribution in [2.75, 3.05) is 13.1 Å². The van der Waals surface area contributed by atoms with Crippen molar-refractivity contribution in [3.63, 3.8) is 0 Å². The molecule has 0 aliphatic carbocycles. The second-order valence-electron chi connectivity index (χ2n) is 5.75. The molecule has 0 bridgehead atoms. The fourth-order valence-electron chi connectivity index (χ4n) is 2.90. The van der Waals surface area contributed by atoms with Crippen LogP contribution in [0.4, 0.5) is 13.2 Å². The Bertz CT molecular complexity index is 629. The molecule has 2 aromatic rings. The van der Waals surface area contributed by atoms with E-state index in [1.807, 2.05) is 12.1 Å². The van der Waals surface area contributed by atoms with Gasteiger partial charge in [-0.2, -0.15) is 18.2 Å². The molecule has 1 aliphatic heterocycles. The smallest absolute Gasteiger partial charge is 0.338 e. The Morgan fingerprint density at radius 1 is 1.26 bits per heavy atom. The largest absolute Gasteiger partial charge is 0.396 e. The van der Waals surface area contributed by atoms with Gasteiger partial charge in [0, 0.05) is 18.9 Å².